The van der Waals surface area contributed by atoms with Crippen LogP contribution in [0.5, 0.6) is 0 Å². The van der Waals surface area contributed by atoms with Crippen LogP contribution in [0, 0.1) is 23.7 Å². The molecule has 0 heterocycles. The number of ether oxygens (including phenoxy) is 4. The zero-order chi connectivity index (χ0) is 77.4. The van der Waals surface area contributed by atoms with Crippen molar-refractivity contribution in [2.75, 3.05) is 39.6 Å². The van der Waals surface area contributed by atoms with Crippen LogP contribution in [0.1, 0.15) is 447 Å². The lowest BCUT2D eigenvalue weighted by Crippen LogP contribution is -2.30. The van der Waals surface area contributed by atoms with E-state index in [1.807, 2.05) is 0 Å². The predicted molar refractivity (Wildman–Crippen MR) is 432 cm³/mol. The van der Waals surface area contributed by atoms with Gasteiger partial charge in [0.1, 0.15) is 19.3 Å². The molecule has 0 aromatic heterocycles. The maximum atomic E-state index is 13.1. The largest absolute Gasteiger partial charge is 0.472 e. The van der Waals surface area contributed by atoms with E-state index in [2.05, 4.69) is 55.4 Å². The molecule has 5 atom stereocenters. The summed E-state index contributed by atoms with van der Waals surface area (Å²) < 4.78 is 68.9. The normalized spacial score (nSPS) is 13.9. The van der Waals surface area contributed by atoms with Crippen molar-refractivity contribution in [2.24, 2.45) is 23.7 Å². The summed E-state index contributed by atoms with van der Waals surface area (Å²) in [5.41, 5.74) is 0. The molecule has 0 aromatic rings. The summed E-state index contributed by atoms with van der Waals surface area (Å²) in [4.78, 5) is 73.2. The minimum Gasteiger partial charge on any atom is -0.462 e. The van der Waals surface area contributed by atoms with Crippen LogP contribution in [0.25, 0.3) is 0 Å². The number of carbonyl (C=O) groups excluding carboxylic acids is 4. The quantitative estimate of drug-likeness (QED) is 0.0222. The molecule has 0 radical (unpaired) electrons. The van der Waals surface area contributed by atoms with Crippen molar-refractivity contribution in [1.29, 1.82) is 0 Å². The summed E-state index contributed by atoms with van der Waals surface area (Å²) in [5.74, 6) is 1.01. The Morgan fingerprint density at radius 1 is 0.238 bits per heavy atom. The monoisotopic (exact) mass is 1540 g/mol. The molecule has 0 fully saturated rings. The first-order valence-electron chi connectivity index (χ1n) is 44.2. The minimum atomic E-state index is -4.97. The number of aliphatic hydroxyl groups is 1. The highest BCUT2D eigenvalue weighted by Gasteiger charge is 2.30. The smallest absolute Gasteiger partial charge is 0.462 e. The average molecular weight is 1540 g/mol. The van der Waals surface area contributed by atoms with Gasteiger partial charge in [0.2, 0.25) is 0 Å². The van der Waals surface area contributed by atoms with Crippen molar-refractivity contribution < 1.29 is 80.2 Å². The number of unbranched alkanes of at least 4 members (excludes halogenated alkanes) is 49. The molecule has 17 nitrogen and oxygen atoms in total. The molecule has 0 saturated carbocycles. The summed E-state index contributed by atoms with van der Waals surface area (Å²) >= 11 is 0. The van der Waals surface area contributed by atoms with Crippen molar-refractivity contribution in [3.63, 3.8) is 0 Å². The highest BCUT2D eigenvalue weighted by Crippen LogP contribution is 2.45. The number of rotatable bonds is 83. The van der Waals surface area contributed by atoms with Gasteiger partial charge in [-0.3, -0.25) is 37.3 Å². The molecular weight excluding hydrogens is 1370 g/mol. The third-order valence-corrected chi connectivity index (χ3v) is 22.0. The summed E-state index contributed by atoms with van der Waals surface area (Å²) in [6, 6.07) is 0. The lowest BCUT2D eigenvalue weighted by Gasteiger charge is -2.21. The van der Waals surface area contributed by atoms with Crippen LogP contribution in [0.2, 0.25) is 0 Å². The maximum Gasteiger partial charge on any atom is 0.472 e. The van der Waals surface area contributed by atoms with Gasteiger partial charge in [-0.25, -0.2) is 9.13 Å². The Morgan fingerprint density at radius 2 is 0.400 bits per heavy atom. The SMILES string of the molecule is CC(C)CCCCCCCCCCCCCCCCCCCCC(=O)OC[C@H](COP(=O)(O)OCC(O)COP(=O)(O)OC[C@@H](COC(=O)CCCCCCCCCC(C)C)OC(=O)CCCCCCCCCCCCCCCC(C)C)OC(=O)CCCCCCCCCCCCCCCCCC(C)C. The zero-order valence-electron chi connectivity index (χ0n) is 69.4. The predicted octanol–water partition coefficient (Wildman–Crippen LogP) is 25.9. The van der Waals surface area contributed by atoms with Crippen LogP contribution in [-0.4, -0.2) is 96.7 Å². The van der Waals surface area contributed by atoms with Crippen molar-refractivity contribution in [2.45, 2.75) is 465 Å². The van der Waals surface area contributed by atoms with Crippen molar-refractivity contribution in [3.05, 3.63) is 0 Å². The Hall–Kier alpha value is -1.94. The Morgan fingerprint density at radius 3 is 0.590 bits per heavy atom. The molecule has 0 amide bonds. The molecule has 0 aliphatic rings. The van der Waals surface area contributed by atoms with Crippen molar-refractivity contribution in [1.82, 2.24) is 0 Å². The number of phosphoric ester groups is 2. The molecule has 0 bridgehead atoms. The van der Waals surface area contributed by atoms with E-state index in [1.54, 1.807) is 0 Å². The molecule has 105 heavy (non-hydrogen) atoms. The Bertz CT molecular complexity index is 2040. The van der Waals surface area contributed by atoms with Gasteiger partial charge in [0.15, 0.2) is 12.2 Å². The van der Waals surface area contributed by atoms with Crippen LogP contribution in [0.4, 0.5) is 0 Å². The van der Waals surface area contributed by atoms with Crippen LogP contribution >= 0.6 is 15.6 Å². The van der Waals surface area contributed by atoms with Gasteiger partial charge in [0.25, 0.3) is 0 Å². The van der Waals surface area contributed by atoms with Gasteiger partial charge in [-0.2, -0.15) is 0 Å². The fraction of sp³-hybridized carbons (Fsp3) is 0.953. The Balaban J connectivity index is 5.22. The number of hydrogen-bond donors (Lipinski definition) is 3. The summed E-state index contributed by atoms with van der Waals surface area (Å²) in [6.45, 7) is 14.3. The molecule has 0 aliphatic heterocycles. The molecule has 0 spiro atoms. The van der Waals surface area contributed by atoms with Gasteiger partial charge < -0.3 is 33.8 Å². The number of aliphatic hydroxyl groups excluding tert-OH is 1. The maximum absolute atomic E-state index is 13.1. The van der Waals surface area contributed by atoms with E-state index >= 15 is 0 Å². The first-order chi connectivity index (χ1) is 50.6. The number of phosphoric acid groups is 2. The van der Waals surface area contributed by atoms with Crippen LogP contribution in [0.15, 0.2) is 0 Å². The molecule has 3 unspecified atom stereocenters. The first-order valence-corrected chi connectivity index (χ1v) is 47.2. The van der Waals surface area contributed by atoms with E-state index in [1.165, 1.54) is 244 Å². The minimum absolute atomic E-state index is 0.106. The fourth-order valence-electron chi connectivity index (χ4n) is 13.3. The van der Waals surface area contributed by atoms with E-state index in [4.69, 9.17) is 37.0 Å². The van der Waals surface area contributed by atoms with Crippen molar-refractivity contribution >= 4 is 39.5 Å². The van der Waals surface area contributed by atoms with E-state index in [0.29, 0.717) is 31.6 Å². The Labute approximate surface area is 645 Å². The highest BCUT2D eigenvalue weighted by molar-refractivity contribution is 7.47. The number of carbonyl (C=O) groups is 4. The van der Waals surface area contributed by atoms with Gasteiger partial charge in [-0.15, -0.1) is 0 Å². The molecule has 19 heteroatoms. The first kappa shape index (κ1) is 103. The van der Waals surface area contributed by atoms with E-state index in [9.17, 15) is 43.2 Å². The van der Waals surface area contributed by atoms with Gasteiger partial charge >= 0.3 is 39.5 Å². The van der Waals surface area contributed by atoms with Crippen LogP contribution in [-0.2, 0) is 65.4 Å². The molecule has 624 valence electrons. The second-order valence-electron chi connectivity index (χ2n) is 32.8. The average Bonchev–Trinajstić information content (AvgIpc) is 0.956. The van der Waals surface area contributed by atoms with Gasteiger partial charge in [0, 0.05) is 25.7 Å². The molecule has 0 aliphatic carbocycles. The second kappa shape index (κ2) is 74.8. The summed E-state index contributed by atoms with van der Waals surface area (Å²) in [6.07, 6.45) is 64.0. The molecule has 3 N–H and O–H groups in total. The zero-order valence-corrected chi connectivity index (χ0v) is 71.2. The summed E-state index contributed by atoms with van der Waals surface area (Å²) in [5, 5.41) is 10.7. The van der Waals surface area contributed by atoms with Crippen LogP contribution < -0.4 is 0 Å². The van der Waals surface area contributed by atoms with Gasteiger partial charge in [-0.1, -0.05) is 396 Å². The van der Waals surface area contributed by atoms with E-state index in [0.717, 1.165) is 114 Å². The van der Waals surface area contributed by atoms with E-state index < -0.39 is 97.5 Å². The van der Waals surface area contributed by atoms with Crippen molar-refractivity contribution in [3.8, 4) is 0 Å². The standard InChI is InChI=1S/C86H168O17P2/c1-76(2)62-54-46-38-31-25-19-14-11-9-10-12-16-22-28-34-42-50-58-66-83(88)96-72-81(102-85(90)68-60-52-43-35-29-23-17-13-15-20-26-32-39-47-55-63-77(3)4)74-100-104(92,93)98-70-80(87)71-99-105(94,95)101-75-82(73-97-84(89)67-59-51-45-37-41-49-57-65-79(7)8)103-86(91)69-61-53-44-36-30-24-18-21-27-33-40-48-56-64-78(5)6/h76-82,87H,9-75H2,1-8H3,(H,92,93)(H,94,95)/t80?,81-,82-/m1/s1. The van der Waals surface area contributed by atoms with Gasteiger partial charge in [-0.05, 0) is 49.4 Å². The second-order valence-corrected chi connectivity index (χ2v) is 35.7. The molecule has 0 saturated heterocycles. The third-order valence-electron chi connectivity index (χ3n) is 20.1. The fourth-order valence-corrected chi connectivity index (χ4v) is 14.9. The molecular formula is C86H168O17P2. The van der Waals surface area contributed by atoms with Gasteiger partial charge in [0.05, 0.1) is 26.4 Å². The lowest BCUT2D eigenvalue weighted by atomic mass is 10.0. The number of esters is 4. The lowest BCUT2D eigenvalue weighted by molar-refractivity contribution is -0.161. The topological polar surface area (TPSA) is 237 Å². The molecule has 0 rings (SSSR count). The Kier molecular flexibility index (Phi) is 73.4. The van der Waals surface area contributed by atoms with E-state index in [-0.39, 0.29) is 25.7 Å². The van der Waals surface area contributed by atoms with Crippen LogP contribution in [0.3, 0.4) is 0 Å². The summed E-state index contributed by atoms with van der Waals surface area (Å²) in [7, 11) is -9.93. The molecule has 0 aromatic carbocycles. The highest BCUT2D eigenvalue weighted by atomic mass is 31.2. The number of hydrogen-bond acceptors (Lipinski definition) is 15. The third kappa shape index (κ3) is 79.9.